The number of hydrogen-bond acceptors (Lipinski definition) is 11. The first-order valence-corrected chi connectivity index (χ1v) is 23.8. The standard InChI is InChI=1S/C50H73N5O12/c1-6-7-8-9-10-11-12-13-14-15-16-17-18-19-44(61)54(4)39(31-56)50(67)52-33(3)40(57)24-25-45(62)55(5)47-35-21-23-42(59)37(29-35)36-27-34(20-22-41(36)58)28-38(49(66)51-30-46(63)64)53-48(65)32(2)26-43(47)60/h20-23,27,29,32-33,38-39,47,56,58-59H,6-19,24-26,28,30-31H2,1-5H3,(H,51,66)(H,52,67)(H,53,65)(H,63,64)/t32-,33-,38+,39-,47+/m1/s1. The number of aliphatic carboxylic acids is 1. The minimum atomic E-state index is -1.35. The van der Waals surface area contributed by atoms with Crippen LogP contribution in [0.15, 0.2) is 36.4 Å². The lowest BCUT2D eigenvalue weighted by molar-refractivity contribution is -0.142. The third-order valence-corrected chi connectivity index (χ3v) is 12.5. The number of Topliss-reactive ketones (excluding diaryl/α,β-unsaturated/α-hetero) is 2. The lowest BCUT2D eigenvalue weighted by Gasteiger charge is -2.30. The van der Waals surface area contributed by atoms with Crippen molar-refractivity contribution in [2.24, 2.45) is 5.92 Å². The van der Waals surface area contributed by atoms with Gasteiger partial charge in [0, 0.05) is 63.2 Å². The number of carboxylic acids is 1. The Hall–Kier alpha value is -5.84. The van der Waals surface area contributed by atoms with E-state index in [1.807, 2.05) is 0 Å². The first kappa shape index (κ1) is 55.5. The summed E-state index contributed by atoms with van der Waals surface area (Å²) in [5.74, 6) is -7.22. The van der Waals surface area contributed by atoms with Gasteiger partial charge < -0.3 is 46.2 Å². The Morgan fingerprint density at radius 2 is 1.33 bits per heavy atom. The normalized spacial score (nSPS) is 17.0. The molecule has 0 aromatic heterocycles. The summed E-state index contributed by atoms with van der Waals surface area (Å²) in [6.07, 6.45) is 14.0. The number of carboxylic acid groups (broad SMARTS) is 1. The van der Waals surface area contributed by atoms with Gasteiger partial charge >= 0.3 is 5.97 Å². The number of nitrogens with one attached hydrogen (secondary N) is 3. The van der Waals surface area contributed by atoms with E-state index in [4.69, 9.17) is 5.11 Å². The maximum absolute atomic E-state index is 14.2. The zero-order valence-electron chi connectivity index (χ0n) is 39.9. The van der Waals surface area contributed by atoms with E-state index in [9.17, 15) is 53.7 Å². The average molecular weight is 936 g/mol. The summed E-state index contributed by atoms with van der Waals surface area (Å²) in [6.45, 7) is 3.71. The Labute approximate surface area is 394 Å². The highest BCUT2D eigenvalue weighted by molar-refractivity contribution is 5.97. The van der Waals surface area contributed by atoms with Gasteiger partial charge in [0.1, 0.15) is 36.2 Å². The van der Waals surface area contributed by atoms with Gasteiger partial charge in [-0.25, -0.2) is 0 Å². The van der Waals surface area contributed by atoms with Crippen molar-refractivity contribution in [1.82, 2.24) is 25.8 Å². The van der Waals surface area contributed by atoms with Crippen LogP contribution in [0.2, 0.25) is 0 Å². The molecule has 2 aromatic rings. The summed E-state index contributed by atoms with van der Waals surface area (Å²) in [5, 5.41) is 48.4. The van der Waals surface area contributed by atoms with Crippen LogP contribution in [0.25, 0.3) is 11.1 Å². The van der Waals surface area contributed by atoms with Crippen LogP contribution in [-0.4, -0.2) is 123 Å². The van der Waals surface area contributed by atoms with Gasteiger partial charge in [-0.3, -0.25) is 38.4 Å². The van der Waals surface area contributed by atoms with Gasteiger partial charge in [-0.15, -0.1) is 0 Å². The number of phenols is 2. The molecular weight excluding hydrogens is 863 g/mol. The number of fused-ring (bicyclic) bond motifs is 5. The maximum Gasteiger partial charge on any atom is 0.322 e. The summed E-state index contributed by atoms with van der Waals surface area (Å²) in [4.78, 5) is 107. The molecule has 1 aliphatic heterocycles. The number of aliphatic hydroxyl groups is 1. The summed E-state index contributed by atoms with van der Waals surface area (Å²) >= 11 is 0. The Morgan fingerprint density at radius 3 is 1.91 bits per heavy atom. The molecule has 67 heavy (non-hydrogen) atoms. The smallest absolute Gasteiger partial charge is 0.322 e. The molecule has 2 aromatic carbocycles. The van der Waals surface area contributed by atoms with E-state index in [0.717, 1.165) is 24.2 Å². The molecule has 4 bridgehead atoms. The maximum atomic E-state index is 14.2. The van der Waals surface area contributed by atoms with E-state index in [2.05, 4.69) is 22.9 Å². The second-order valence-corrected chi connectivity index (χ2v) is 17.9. The van der Waals surface area contributed by atoms with Crippen LogP contribution in [-0.2, 0) is 44.8 Å². The first-order valence-electron chi connectivity index (χ1n) is 23.8. The highest BCUT2D eigenvalue weighted by atomic mass is 16.4. The quantitative estimate of drug-likeness (QED) is 0.0597. The number of likely N-dealkylation sites (N-methyl/N-ethyl adjacent to an activating group) is 2. The van der Waals surface area contributed by atoms with Crippen LogP contribution in [0.4, 0.5) is 0 Å². The number of unbranched alkanes of at least 4 members (excludes halogenated alkanes) is 12. The van der Waals surface area contributed by atoms with Crippen LogP contribution in [0, 0.1) is 5.92 Å². The van der Waals surface area contributed by atoms with E-state index >= 15 is 0 Å². The molecule has 3 rings (SSSR count). The summed E-state index contributed by atoms with van der Waals surface area (Å²) < 4.78 is 0. The third kappa shape index (κ3) is 17.7. The van der Waals surface area contributed by atoms with Crippen molar-refractivity contribution < 1.29 is 58.8 Å². The zero-order valence-corrected chi connectivity index (χ0v) is 39.9. The lowest BCUT2D eigenvalue weighted by Crippen LogP contribution is -2.53. The third-order valence-electron chi connectivity index (χ3n) is 12.5. The molecule has 0 unspecified atom stereocenters. The monoisotopic (exact) mass is 936 g/mol. The fraction of sp³-hybridized carbons (Fsp3) is 0.600. The predicted octanol–water partition coefficient (Wildman–Crippen LogP) is 5.26. The Bertz CT molecular complexity index is 2020. The number of amides is 5. The molecule has 0 saturated carbocycles. The summed E-state index contributed by atoms with van der Waals surface area (Å²) in [5.41, 5.74) is 0.850. The number of hydrogen-bond donors (Lipinski definition) is 7. The van der Waals surface area contributed by atoms with Gasteiger partial charge in [0.15, 0.2) is 11.6 Å². The molecule has 5 atom stereocenters. The van der Waals surface area contributed by atoms with Gasteiger partial charge in [0.2, 0.25) is 29.5 Å². The fourth-order valence-electron chi connectivity index (χ4n) is 8.22. The molecule has 7 N–H and O–H groups in total. The number of phenolic OH excluding ortho intramolecular Hbond substituents is 2. The van der Waals surface area contributed by atoms with Crippen molar-refractivity contribution in [3.05, 3.63) is 47.5 Å². The molecule has 0 spiro atoms. The average Bonchev–Trinajstić information content (AvgIpc) is 3.29. The molecule has 5 amide bonds. The molecule has 0 radical (unpaired) electrons. The van der Waals surface area contributed by atoms with E-state index in [0.29, 0.717) is 12.0 Å². The number of rotatable bonds is 26. The van der Waals surface area contributed by atoms with Crippen molar-refractivity contribution in [3.63, 3.8) is 0 Å². The topological polar surface area (TPSA) is 260 Å². The molecule has 1 heterocycles. The number of aliphatic hydroxyl groups excluding tert-OH is 1. The van der Waals surface area contributed by atoms with E-state index in [-0.39, 0.29) is 53.4 Å². The minimum absolute atomic E-state index is 0.0874. The molecule has 0 fully saturated rings. The number of carbonyl (C=O) groups excluding carboxylic acids is 7. The highest BCUT2D eigenvalue weighted by Crippen LogP contribution is 2.39. The van der Waals surface area contributed by atoms with Gasteiger partial charge in [0.05, 0.1) is 12.6 Å². The summed E-state index contributed by atoms with van der Waals surface area (Å²) in [6, 6.07) is 3.46. The van der Waals surface area contributed by atoms with Crippen LogP contribution in [0.5, 0.6) is 11.5 Å². The van der Waals surface area contributed by atoms with Crippen molar-refractivity contribution in [2.75, 3.05) is 27.2 Å². The molecule has 0 aliphatic carbocycles. The number of carbonyl (C=O) groups is 8. The first-order chi connectivity index (χ1) is 31.9. The van der Waals surface area contributed by atoms with Gasteiger partial charge in [-0.1, -0.05) is 103 Å². The highest BCUT2D eigenvalue weighted by Gasteiger charge is 2.34. The predicted molar refractivity (Wildman–Crippen MR) is 252 cm³/mol. The van der Waals surface area contributed by atoms with Crippen LogP contribution in [0.1, 0.15) is 147 Å². The van der Waals surface area contributed by atoms with Crippen molar-refractivity contribution in [1.29, 1.82) is 0 Å². The second-order valence-electron chi connectivity index (χ2n) is 17.9. The lowest BCUT2D eigenvalue weighted by atomic mass is 9.89. The Morgan fingerprint density at radius 1 is 0.761 bits per heavy atom. The second kappa shape index (κ2) is 28.4. The number of benzene rings is 2. The van der Waals surface area contributed by atoms with Gasteiger partial charge in [0.25, 0.3) is 0 Å². The SMILES string of the molecule is CCCCCCCCCCCCCCCC(=O)N(C)[C@H](CO)C(=O)N[C@H](C)C(=O)CCC(=O)N(C)[C@@H]1C(=O)C[C@@H](C)C(=O)N[C@H](C(=O)NCC(=O)O)Cc2ccc(O)c(c2)-c2cc1ccc2O. The molecule has 370 valence electrons. The minimum Gasteiger partial charge on any atom is -0.507 e. The zero-order chi connectivity index (χ0) is 49.6. The van der Waals surface area contributed by atoms with Crippen molar-refractivity contribution >= 4 is 47.1 Å². The van der Waals surface area contributed by atoms with E-state index in [1.54, 1.807) is 0 Å². The van der Waals surface area contributed by atoms with E-state index < -0.39 is 97.2 Å². The van der Waals surface area contributed by atoms with Crippen molar-refractivity contribution in [2.45, 2.75) is 161 Å². The number of nitrogens with zero attached hydrogens (tertiary/aromatic N) is 2. The fourth-order valence-corrected chi connectivity index (χ4v) is 8.22. The van der Waals surface area contributed by atoms with Crippen LogP contribution < -0.4 is 16.0 Å². The summed E-state index contributed by atoms with van der Waals surface area (Å²) in [7, 11) is 2.78. The molecule has 1 aliphatic rings. The largest absolute Gasteiger partial charge is 0.507 e. The molecule has 17 nitrogen and oxygen atoms in total. The molecule has 0 saturated heterocycles. The van der Waals surface area contributed by atoms with E-state index in [1.165, 1.54) is 127 Å². The van der Waals surface area contributed by atoms with Gasteiger partial charge in [-0.05, 0) is 48.7 Å². The van der Waals surface area contributed by atoms with Crippen LogP contribution >= 0.6 is 0 Å². The molecular formula is C50H73N5O12. The number of ketones is 2. The Balaban J connectivity index is 1.64. The van der Waals surface area contributed by atoms with Crippen LogP contribution in [0.3, 0.4) is 0 Å². The van der Waals surface area contributed by atoms with Crippen molar-refractivity contribution in [3.8, 4) is 22.6 Å². The Kier molecular flexibility index (Phi) is 23.5. The number of aromatic hydroxyl groups is 2. The van der Waals surface area contributed by atoms with Gasteiger partial charge in [-0.2, -0.15) is 0 Å². The molecule has 17 heteroatoms.